The standard InChI is InChI=1S/C14H30N2O2S/c1-4-9-19(17,18)10-8-16-7-5-6-14(16)12-15-11-13(2)3/h13-15H,4-12H2,1-3H3. The van der Waals surface area contributed by atoms with Gasteiger partial charge < -0.3 is 5.32 Å². The second-order valence-corrected chi connectivity index (χ2v) is 8.34. The first kappa shape index (κ1) is 16.9. The third kappa shape index (κ3) is 6.72. The van der Waals surface area contributed by atoms with Crippen molar-refractivity contribution in [1.29, 1.82) is 0 Å². The van der Waals surface area contributed by atoms with Crippen molar-refractivity contribution in [2.45, 2.75) is 46.1 Å². The Kier molecular flexibility index (Phi) is 7.32. The summed E-state index contributed by atoms with van der Waals surface area (Å²) in [4.78, 5) is 2.35. The fourth-order valence-electron chi connectivity index (χ4n) is 2.63. The fourth-order valence-corrected chi connectivity index (χ4v) is 3.97. The average Bonchev–Trinajstić information content (AvgIpc) is 2.74. The van der Waals surface area contributed by atoms with E-state index in [0.29, 0.717) is 30.0 Å². The minimum atomic E-state index is -2.84. The number of likely N-dealkylation sites (tertiary alicyclic amines) is 1. The highest BCUT2D eigenvalue weighted by atomic mass is 32.2. The number of hydrogen-bond acceptors (Lipinski definition) is 4. The molecule has 19 heavy (non-hydrogen) atoms. The number of rotatable bonds is 9. The van der Waals surface area contributed by atoms with Crippen molar-refractivity contribution in [1.82, 2.24) is 10.2 Å². The molecule has 5 heteroatoms. The molecule has 0 bridgehead atoms. The molecule has 1 atom stereocenters. The van der Waals surface area contributed by atoms with E-state index >= 15 is 0 Å². The molecule has 0 radical (unpaired) electrons. The molecular weight excluding hydrogens is 260 g/mol. The lowest BCUT2D eigenvalue weighted by Gasteiger charge is -2.25. The molecule has 1 unspecified atom stereocenters. The first-order valence-corrected chi connectivity index (χ1v) is 9.42. The molecule has 0 aromatic heterocycles. The predicted molar refractivity (Wildman–Crippen MR) is 81.2 cm³/mol. The fraction of sp³-hybridized carbons (Fsp3) is 1.00. The summed E-state index contributed by atoms with van der Waals surface area (Å²) in [5.41, 5.74) is 0. The van der Waals surface area contributed by atoms with Gasteiger partial charge in [0.2, 0.25) is 0 Å². The van der Waals surface area contributed by atoms with Gasteiger partial charge in [-0.3, -0.25) is 4.90 Å². The van der Waals surface area contributed by atoms with Crippen LogP contribution in [0.25, 0.3) is 0 Å². The van der Waals surface area contributed by atoms with Gasteiger partial charge in [-0.2, -0.15) is 0 Å². The normalized spacial score (nSPS) is 21.4. The van der Waals surface area contributed by atoms with E-state index < -0.39 is 9.84 Å². The minimum Gasteiger partial charge on any atom is -0.315 e. The van der Waals surface area contributed by atoms with Crippen LogP contribution in [0.3, 0.4) is 0 Å². The lowest BCUT2D eigenvalue weighted by atomic mass is 10.2. The summed E-state index contributed by atoms with van der Waals surface area (Å²) in [6.45, 7) is 10.1. The smallest absolute Gasteiger partial charge is 0.151 e. The van der Waals surface area contributed by atoms with Crippen LogP contribution in [0.2, 0.25) is 0 Å². The van der Waals surface area contributed by atoms with Crippen molar-refractivity contribution in [3.05, 3.63) is 0 Å². The Morgan fingerprint density at radius 3 is 2.68 bits per heavy atom. The predicted octanol–water partition coefficient (Wildman–Crippen LogP) is 1.52. The highest BCUT2D eigenvalue weighted by Crippen LogP contribution is 2.16. The van der Waals surface area contributed by atoms with E-state index in [-0.39, 0.29) is 0 Å². The second kappa shape index (κ2) is 8.22. The molecule has 0 spiro atoms. The van der Waals surface area contributed by atoms with Crippen LogP contribution in [-0.2, 0) is 9.84 Å². The van der Waals surface area contributed by atoms with E-state index in [9.17, 15) is 8.42 Å². The molecular formula is C14H30N2O2S. The van der Waals surface area contributed by atoms with E-state index in [1.54, 1.807) is 0 Å². The molecule has 0 aromatic carbocycles. The molecule has 1 heterocycles. The van der Waals surface area contributed by atoms with Crippen molar-refractivity contribution < 1.29 is 8.42 Å². The Morgan fingerprint density at radius 1 is 1.32 bits per heavy atom. The number of hydrogen-bond donors (Lipinski definition) is 1. The number of nitrogens with zero attached hydrogens (tertiary/aromatic N) is 1. The van der Waals surface area contributed by atoms with E-state index in [4.69, 9.17) is 0 Å². The Balaban J connectivity index is 2.31. The molecule has 0 amide bonds. The molecule has 4 nitrogen and oxygen atoms in total. The third-order valence-corrected chi connectivity index (χ3v) is 5.47. The molecule has 1 aliphatic rings. The number of sulfone groups is 1. The minimum absolute atomic E-state index is 0.321. The third-order valence-electron chi connectivity index (χ3n) is 3.64. The Hall–Kier alpha value is -0.130. The van der Waals surface area contributed by atoms with Gasteiger partial charge in [-0.1, -0.05) is 20.8 Å². The Bertz CT molecular complexity index is 341. The Labute approximate surface area is 118 Å². The molecule has 1 saturated heterocycles. The summed E-state index contributed by atoms with van der Waals surface area (Å²) in [5, 5.41) is 3.49. The van der Waals surface area contributed by atoms with E-state index in [2.05, 4.69) is 24.1 Å². The van der Waals surface area contributed by atoms with Crippen LogP contribution in [0.5, 0.6) is 0 Å². The summed E-state index contributed by atoms with van der Waals surface area (Å²) in [7, 11) is -2.84. The maximum Gasteiger partial charge on any atom is 0.151 e. The van der Waals surface area contributed by atoms with Crippen LogP contribution in [0.4, 0.5) is 0 Å². The van der Waals surface area contributed by atoms with Crippen molar-refractivity contribution in [2.75, 3.05) is 37.7 Å². The summed E-state index contributed by atoms with van der Waals surface area (Å²) in [6, 6.07) is 0.524. The summed E-state index contributed by atoms with van der Waals surface area (Å²) in [6.07, 6.45) is 3.11. The SMILES string of the molecule is CCCS(=O)(=O)CCN1CCCC1CNCC(C)C. The van der Waals surface area contributed by atoms with Gasteiger partial charge in [0.25, 0.3) is 0 Å². The molecule has 0 aliphatic carbocycles. The van der Waals surface area contributed by atoms with Gasteiger partial charge in [0.1, 0.15) is 0 Å². The van der Waals surface area contributed by atoms with Crippen LogP contribution < -0.4 is 5.32 Å². The van der Waals surface area contributed by atoms with E-state index in [0.717, 1.165) is 26.1 Å². The highest BCUT2D eigenvalue weighted by Gasteiger charge is 2.25. The van der Waals surface area contributed by atoms with Crippen LogP contribution in [-0.4, -0.2) is 57.0 Å². The zero-order valence-electron chi connectivity index (χ0n) is 12.7. The van der Waals surface area contributed by atoms with Crippen LogP contribution >= 0.6 is 0 Å². The van der Waals surface area contributed by atoms with E-state index in [1.165, 1.54) is 12.8 Å². The lowest BCUT2D eigenvalue weighted by molar-refractivity contribution is 0.259. The maximum atomic E-state index is 11.8. The lowest BCUT2D eigenvalue weighted by Crippen LogP contribution is -2.41. The molecule has 0 aromatic rings. The second-order valence-electron chi connectivity index (χ2n) is 6.04. The van der Waals surface area contributed by atoms with Gasteiger partial charge in [-0.05, 0) is 38.3 Å². The summed E-state index contributed by atoms with van der Waals surface area (Å²) < 4.78 is 23.5. The first-order chi connectivity index (χ1) is 8.94. The first-order valence-electron chi connectivity index (χ1n) is 7.59. The topological polar surface area (TPSA) is 49.4 Å². The van der Waals surface area contributed by atoms with Gasteiger partial charge in [-0.25, -0.2) is 8.42 Å². The highest BCUT2D eigenvalue weighted by molar-refractivity contribution is 7.91. The number of nitrogens with one attached hydrogen (secondary N) is 1. The largest absolute Gasteiger partial charge is 0.315 e. The van der Waals surface area contributed by atoms with Gasteiger partial charge in [0, 0.05) is 24.9 Å². The monoisotopic (exact) mass is 290 g/mol. The van der Waals surface area contributed by atoms with Crippen LogP contribution in [0, 0.1) is 5.92 Å². The van der Waals surface area contributed by atoms with Crippen LogP contribution in [0.15, 0.2) is 0 Å². The van der Waals surface area contributed by atoms with E-state index in [1.807, 2.05) is 6.92 Å². The molecule has 1 N–H and O–H groups in total. The van der Waals surface area contributed by atoms with Crippen molar-refractivity contribution in [2.24, 2.45) is 5.92 Å². The zero-order valence-corrected chi connectivity index (χ0v) is 13.5. The quantitative estimate of drug-likeness (QED) is 0.699. The average molecular weight is 290 g/mol. The van der Waals surface area contributed by atoms with Crippen molar-refractivity contribution in [3.63, 3.8) is 0 Å². The maximum absolute atomic E-state index is 11.8. The molecule has 1 fully saturated rings. The van der Waals surface area contributed by atoms with Gasteiger partial charge >= 0.3 is 0 Å². The molecule has 0 saturated carbocycles. The molecule has 1 rings (SSSR count). The van der Waals surface area contributed by atoms with Gasteiger partial charge in [0.15, 0.2) is 9.84 Å². The Morgan fingerprint density at radius 2 is 2.05 bits per heavy atom. The summed E-state index contributed by atoms with van der Waals surface area (Å²) in [5.74, 6) is 1.32. The van der Waals surface area contributed by atoms with Crippen molar-refractivity contribution in [3.8, 4) is 0 Å². The molecule has 1 aliphatic heterocycles. The van der Waals surface area contributed by atoms with Gasteiger partial charge in [0.05, 0.1) is 5.75 Å². The summed E-state index contributed by atoms with van der Waals surface area (Å²) >= 11 is 0. The van der Waals surface area contributed by atoms with Crippen molar-refractivity contribution >= 4 is 9.84 Å². The zero-order chi connectivity index (χ0) is 14.3. The molecule has 114 valence electrons. The van der Waals surface area contributed by atoms with Gasteiger partial charge in [-0.15, -0.1) is 0 Å². The van der Waals surface area contributed by atoms with Crippen LogP contribution in [0.1, 0.15) is 40.0 Å².